The summed E-state index contributed by atoms with van der Waals surface area (Å²) in [5.74, 6) is 2.00. The van der Waals surface area contributed by atoms with Crippen molar-refractivity contribution in [2.75, 3.05) is 14.2 Å². The predicted molar refractivity (Wildman–Crippen MR) is 137 cm³/mol. The third-order valence-electron chi connectivity index (χ3n) is 5.45. The summed E-state index contributed by atoms with van der Waals surface area (Å²) in [6, 6.07) is 14.8. The van der Waals surface area contributed by atoms with E-state index >= 15 is 0 Å². The van der Waals surface area contributed by atoms with Crippen molar-refractivity contribution >= 4 is 46.5 Å². The topological polar surface area (TPSA) is 44.2 Å². The molecule has 0 atom stereocenters. The first kappa shape index (κ1) is 25.7. The van der Waals surface area contributed by atoms with Gasteiger partial charge in [0.1, 0.15) is 0 Å². The van der Waals surface area contributed by atoms with Gasteiger partial charge in [-0.2, -0.15) is 0 Å². The van der Waals surface area contributed by atoms with Gasteiger partial charge in [-0.3, -0.25) is 9.97 Å². The molecule has 0 saturated carbocycles. The Bertz CT molecular complexity index is 1230. The molecule has 6 heteroatoms. The Morgan fingerprint density at radius 3 is 2.22 bits per heavy atom. The SMILES string of the molecule is COc1cc2c(Cc3ccc4nc(C)ccc4c3)cnc(CC(C)C)c2cc1OC.Cl.Cl. The fourth-order valence-electron chi connectivity index (χ4n) is 3.98. The number of pyridine rings is 2. The van der Waals surface area contributed by atoms with Crippen molar-refractivity contribution in [1.82, 2.24) is 9.97 Å². The van der Waals surface area contributed by atoms with Gasteiger partial charge in [0.15, 0.2) is 11.5 Å². The first-order valence-corrected chi connectivity index (χ1v) is 10.4. The highest BCUT2D eigenvalue weighted by Crippen LogP contribution is 2.36. The van der Waals surface area contributed by atoms with Gasteiger partial charge in [0, 0.05) is 28.4 Å². The predicted octanol–water partition coefficient (Wildman–Crippen LogP) is 6.74. The number of benzene rings is 2. The minimum atomic E-state index is 0. The molecular weight excluding hydrogens is 443 g/mol. The highest BCUT2D eigenvalue weighted by Gasteiger charge is 2.15. The van der Waals surface area contributed by atoms with E-state index in [1.165, 1.54) is 16.5 Å². The molecule has 0 fully saturated rings. The molecule has 32 heavy (non-hydrogen) atoms. The second kappa shape index (κ2) is 10.8. The van der Waals surface area contributed by atoms with Crippen LogP contribution in [0.15, 0.2) is 48.7 Å². The maximum atomic E-state index is 5.59. The smallest absolute Gasteiger partial charge is 0.161 e. The molecule has 0 aliphatic rings. The number of fused-ring (bicyclic) bond motifs is 2. The van der Waals surface area contributed by atoms with Crippen molar-refractivity contribution in [2.24, 2.45) is 5.92 Å². The number of ether oxygens (including phenoxy) is 2. The van der Waals surface area contributed by atoms with Gasteiger partial charge in [-0.25, -0.2) is 0 Å². The van der Waals surface area contributed by atoms with Crippen LogP contribution >= 0.6 is 24.8 Å². The van der Waals surface area contributed by atoms with E-state index in [4.69, 9.17) is 14.5 Å². The van der Waals surface area contributed by atoms with Crippen LogP contribution in [-0.4, -0.2) is 24.2 Å². The van der Waals surface area contributed by atoms with Crippen LogP contribution in [0.1, 0.15) is 36.4 Å². The second-order valence-corrected chi connectivity index (χ2v) is 8.24. The van der Waals surface area contributed by atoms with Crippen molar-refractivity contribution in [3.63, 3.8) is 0 Å². The Balaban J connectivity index is 0.00000181. The first-order chi connectivity index (χ1) is 14.5. The molecule has 0 aliphatic carbocycles. The maximum absolute atomic E-state index is 5.59. The summed E-state index contributed by atoms with van der Waals surface area (Å²) in [6.45, 7) is 6.45. The molecule has 4 nitrogen and oxygen atoms in total. The molecule has 0 N–H and O–H groups in total. The van der Waals surface area contributed by atoms with Crippen molar-refractivity contribution in [3.8, 4) is 11.5 Å². The van der Waals surface area contributed by atoms with Gasteiger partial charge in [0.2, 0.25) is 0 Å². The van der Waals surface area contributed by atoms with Crippen LogP contribution in [0.3, 0.4) is 0 Å². The number of hydrogen-bond donors (Lipinski definition) is 0. The molecule has 0 spiro atoms. The fourth-order valence-corrected chi connectivity index (χ4v) is 3.98. The zero-order valence-electron chi connectivity index (χ0n) is 19.1. The minimum absolute atomic E-state index is 0. The normalized spacial score (nSPS) is 10.7. The minimum Gasteiger partial charge on any atom is -0.493 e. The zero-order valence-corrected chi connectivity index (χ0v) is 20.8. The average Bonchev–Trinajstić information content (AvgIpc) is 2.74. The highest BCUT2D eigenvalue weighted by atomic mass is 35.5. The van der Waals surface area contributed by atoms with E-state index in [-0.39, 0.29) is 24.8 Å². The third-order valence-corrected chi connectivity index (χ3v) is 5.45. The van der Waals surface area contributed by atoms with E-state index in [0.717, 1.165) is 52.0 Å². The van der Waals surface area contributed by atoms with Crippen LogP contribution in [0.25, 0.3) is 21.7 Å². The summed E-state index contributed by atoms with van der Waals surface area (Å²) in [4.78, 5) is 9.45. The van der Waals surface area contributed by atoms with Crippen molar-refractivity contribution in [1.29, 1.82) is 0 Å². The molecule has 2 aromatic carbocycles. The standard InChI is InChI=1S/C26H28N2O2.2ClH/c1-16(2)10-24-22-14-26(30-5)25(29-4)13-21(22)20(15-27-24)12-18-7-9-23-19(11-18)8-6-17(3)28-23;;/h6-9,11,13-16H,10,12H2,1-5H3;2*1H. The number of aryl methyl sites for hydroxylation is 1. The van der Waals surface area contributed by atoms with Crippen LogP contribution in [0, 0.1) is 12.8 Å². The highest BCUT2D eigenvalue weighted by molar-refractivity contribution is 5.91. The van der Waals surface area contributed by atoms with Gasteiger partial charge in [0.05, 0.1) is 19.7 Å². The lowest BCUT2D eigenvalue weighted by Crippen LogP contribution is -2.02. The first-order valence-electron chi connectivity index (χ1n) is 10.4. The van der Waals surface area contributed by atoms with E-state index < -0.39 is 0 Å². The van der Waals surface area contributed by atoms with Gasteiger partial charge in [-0.15, -0.1) is 24.8 Å². The van der Waals surface area contributed by atoms with Crippen LogP contribution < -0.4 is 9.47 Å². The lowest BCUT2D eigenvalue weighted by Gasteiger charge is -2.16. The Morgan fingerprint density at radius 2 is 1.56 bits per heavy atom. The molecule has 0 amide bonds. The van der Waals surface area contributed by atoms with E-state index in [9.17, 15) is 0 Å². The number of nitrogens with zero attached hydrogens (tertiary/aromatic N) is 2. The third kappa shape index (κ3) is 5.25. The van der Waals surface area contributed by atoms with E-state index in [0.29, 0.717) is 5.92 Å². The number of aromatic nitrogens is 2. The summed E-state index contributed by atoms with van der Waals surface area (Å²) in [5, 5.41) is 3.46. The molecular formula is C26H30Cl2N2O2. The summed E-state index contributed by atoms with van der Waals surface area (Å²) in [6.07, 6.45) is 3.74. The average molecular weight is 473 g/mol. The fraction of sp³-hybridized carbons (Fsp3) is 0.308. The molecule has 4 rings (SSSR count). The Labute approximate surface area is 202 Å². The molecule has 0 saturated heterocycles. The lowest BCUT2D eigenvalue weighted by atomic mass is 9.95. The summed E-state index contributed by atoms with van der Waals surface area (Å²) in [7, 11) is 3.35. The van der Waals surface area contributed by atoms with Crippen LogP contribution in [-0.2, 0) is 12.8 Å². The van der Waals surface area contributed by atoms with Crippen LogP contribution in [0.4, 0.5) is 0 Å². The van der Waals surface area contributed by atoms with Crippen molar-refractivity contribution in [2.45, 2.75) is 33.6 Å². The molecule has 0 radical (unpaired) electrons. The van der Waals surface area contributed by atoms with Gasteiger partial charge in [-0.05, 0) is 72.5 Å². The molecule has 0 bridgehead atoms. The number of hydrogen-bond acceptors (Lipinski definition) is 4. The Kier molecular flexibility index (Phi) is 8.71. The Morgan fingerprint density at radius 1 is 0.875 bits per heavy atom. The monoisotopic (exact) mass is 472 g/mol. The van der Waals surface area contributed by atoms with E-state index in [2.05, 4.69) is 61.3 Å². The molecule has 170 valence electrons. The number of methoxy groups -OCH3 is 2. The van der Waals surface area contributed by atoms with Crippen LogP contribution in [0.5, 0.6) is 11.5 Å². The molecule has 0 unspecified atom stereocenters. The number of halogens is 2. The largest absolute Gasteiger partial charge is 0.493 e. The van der Waals surface area contributed by atoms with E-state index in [1.54, 1.807) is 14.2 Å². The molecule has 2 aromatic heterocycles. The van der Waals surface area contributed by atoms with Gasteiger partial charge in [-0.1, -0.05) is 26.0 Å². The molecule has 0 aliphatic heterocycles. The van der Waals surface area contributed by atoms with Crippen LogP contribution in [0.2, 0.25) is 0 Å². The van der Waals surface area contributed by atoms with Crippen molar-refractivity contribution in [3.05, 3.63) is 71.2 Å². The summed E-state index contributed by atoms with van der Waals surface area (Å²) < 4.78 is 11.1. The zero-order chi connectivity index (χ0) is 21.3. The number of rotatable bonds is 6. The van der Waals surface area contributed by atoms with Crippen molar-refractivity contribution < 1.29 is 9.47 Å². The van der Waals surface area contributed by atoms with E-state index in [1.807, 2.05) is 13.1 Å². The lowest BCUT2D eigenvalue weighted by molar-refractivity contribution is 0.356. The molecule has 4 aromatic rings. The summed E-state index contributed by atoms with van der Waals surface area (Å²) in [5.41, 5.74) is 5.58. The Hall–Kier alpha value is -2.56. The van der Waals surface area contributed by atoms with Gasteiger partial charge >= 0.3 is 0 Å². The quantitative estimate of drug-likeness (QED) is 0.311. The molecule has 2 heterocycles. The second-order valence-electron chi connectivity index (χ2n) is 8.24. The summed E-state index contributed by atoms with van der Waals surface area (Å²) >= 11 is 0. The maximum Gasteiger partial charge on any atom is 0.161 e. The van der Waals surface area contributed by atoms with Gasteiger partial charge in [0.25, 0.3) is 0 Å². The van der Waals surface area contributed by atoms with Gasteiger partial charge < -0.3 is 9.47 Å².